The van der Waals surface area contributed by atoms with E-state index in [0.717, 1.165) is 36.1 Å². The summed E-state index contributed by atoms with van der Waals surface area (Å²) < 4.78 is 37.8. The van der Waals surface area contributed by atoms with E-state index in [-0.39, 0.29) is 6.61 Å². The molecule has 1 unspecified atom stereocenters. The van der Waals surface area contributed by atoms with Crippen molar-refractivity contribution in [3.8, 4) is 0 Å². The molecular weight excluding hydrogens is 303 g/mol. The lowest BCUT2D eigenvalue weighted by Gasteiger charge is -2.30. The Labute approximate surface area is 133 Å². The second-order valence-corrected chi connectivity index (χ2v) is 5.95. The van der Waals surface area contributed by atoms with Gasteiger partial charge in [-0.2, -0.15) is 13.2 Å². The summed E-state index contributed by atoms with van der Waals surface area (Å²) in [6.45, 7) is 0.373. The number of nitrogens with one attached hydrogen (secondary N) is 1. The van der Waals surface area contributed by atoms with Crippen molar-refractivity contribution >= 4 is 0 Å². The van der Waals surface area contributed by atoms with E-state index in [1.54, 1.807) is 0 Å². The zero-order valence-corrected chi connectivity index (χ0v) is 12.5. The molecule has 5 heteroatoms. The van der Waals surface area contributed by atoms with Crippen LogP contribution in [0.4, 0.5) is 13.2 Å². The van der Waals surface area contributed by atoms with Crippen molar-refractivity contribution in [3.63, 3.8) is 0 Å². The highest BCUT2D eigenvalue weighted by Gasteiger charge is 2.37. The Bertz CT molecular complexity index is 681. The van der Waals surface area contributed by atoms with Crippen molar-refractivity contribution in [3.05, 3.63) is 70.8 Å². The Kier molecular flexibility index (Phi) is 4.17. The van der Waals surface area contributed by atoms with Crippen LogP contribution < -0.4 is 5.32 Å². The highest BCUT2D eigenvalue weighted by Crippen LogP contribution is 2.36. The molecule has 3 rings (SSSR count). The number of hydrogen-bond acceptors (Lipinski definition) is 2. The largest absolute Gasteiger partial charge is 0.416 e. The van der Waals surface area contributed by atoms with Gasteiger partial charge < -0.3 is 10.4 Å². The van der Waals surface area contributed by atoms with E-state index in [1.165, 1.54) is 17.7 Å². The van der Waals surface area contributed by atoms with Gasteiger partial charge in [-0.3, -0.25) is 0 Å². The Morgan fingerprint density at radius 1 is 1.04 bits per heavy atom. The van der Waals surface area contributed by atoms with Crippen LogP contribution in [0.25, 0.3) is 0 Å². The van der Waals surface area contributed by atoms with E-state index in [4.69, 9.17) is 0 Å². The van der Waals surface area contributed by atoms with Crippen LogP contribution in [0.15, 0.2) is 48.5 Å². The van der Waals surface area contributed by atoms with E-state index >= 15 is 0 Å². The predicted molar refractivity (Wildman–Crippen MR) is 81.8 cm³/mol. The third kappa shape index (κ3) is 3.12. The molecule has 23 heavy (non-hydrogen) atoms. The summed E-state index contributed by atoms with van der Waals surface area (Å²) in [6.07, 6.45) is -2.65. The fourth-order valence-electron chi connectivity index (χ4n) is 3.17. The molecule has 0 aromatic heterocycles. The molecule has 2 N–H and O–H groups in total. The van der Waals surface area contributed by atoms with Gasteiger partial charge >= 0.3 is 6.18 Å². The summed E-state index contributed by atoms with van der Waals surface area (Å²) in [5, 5.41) is 13.2. The first-order valence-electron chi connectivity index (χ1n) is 7.55. The third-order valence-corrected chi connectivity index (χ3v) is 4.54. The minimum atomic E-state index is -4.32. The molecular formula is C18H18F3NO. The van der Waals surface area contributed by atoms with Crippen molar-refractivity contribution in [1.82, 2.24) is 5.32 Å². The summed E-state index contributed by atoms with van der Waals surface area (Å²) in [6, 6.07) is 13.1. The molecule has 122 valence electrons. The van der Waals surface area contributed by atoms with Crippen LogP contribution in [-0.4, -0.2) is 11.7 Å². The number of aliphatic hydroxyl groups is 1. The highest BCUT2D eigenvalue weighted by molar-refractivity contribution is 5.39. The number of hydrogen-bond donors (Lipinski definition) is 2. The maximum absolute atomic E-state index is 12.6. The molecule has 2 aromatic rings. The van der Waals surface area contributed by atoms with E-state index < -0.39 is 17.3 Å². The molecule has 0 spiro atoms. The first-order valence-corrected chi connectivity index (χ1v) is 7.55. The van der Waals surface area contributed by atoms with E-state index in [1.807, 2.05) is 24.3 Å². The monoisotopic (exact) mass is 321 g/mol. The smallest absolute Gasteiger partial charge is 0.394 e. The van der Waals surface area contributed by atoms with Crippen molar-refractivity contribution in [1.29, 1.82) is 0 Å². The Hall–Kier alpha value is -1.85. The van der Waals surface area contributed by atoms with Gasteiger partial charge in [-0.25, -0.2) is 0 Å². The number of aryl methyl sites for hydroxylation is 1. The van der Waals surface area contributed by atoms with Gasteiger partial charge in [-0.05, 0) is 41.7 Å². The Morgan fingerprint density at radius 2 is 1.74 bits per heavy atom. The lowest BCUT2D eigenvalue weighted by Crippen LogP contribution is -2.43. The highest BCUT2D eigenvalue weighted by atomic mass is 19.4. The molecule has 1 aliphatic carbocycles. The van der Waals surface area contributed by atoms with Crippen LogP contribution in [0, 0.1) is 0 Å². The number of alkyl halides is 3. The topological polar surface area (TPSA) is 32.3 Å². The van der Waals surface area contributed by atoms with Gasteiger partial charge in [0.25, 0.3) is 0 Å². The minimum Gasteiger partial charge on any atom is -0.394 e. The molecule has 0 amide bonds. The summed E-state index contributed by atoms with van der Waals surface area (Å²) in [7, 11) is 0. The van der Waals surface area contributed by atoms with Crippen LogP contribution in [0.2, 0.25) is 0 Å². The second kappa shape index (κ2) is 5.98. The number of aliphatic hydroxyl groups excluding tert-OH is 1. The maximum Gasteiger partial charge on any atom is 0.416 e. The molecule has 0 aliphatic heterocycles. The standard InChI is InChI=1S/C18H18F3NO/c19-18(20,21)15-7-5-13(6-8-15)11-22-17(12-23)10-9-14-3-1-2-4-16(14)17/h1-8,22-23H,9-12H2. The Balaban J connectivity index is 1.75. The van der Waals surface area contributed by atoms with Crippen molar-refractivity contribution < 1.29 is 18.3 Å². The van der Waals surface area contributed by atoms with Gasteiger partial charge in [-0.15, -0.1) is 0 Å². The van der Waals surface area contributed by atoms with Gasteiger partial charge in [0.2, 0.25) is 0 Å². The molecule has 0 bridgehead atoms. The lowest BCUT2D eigenvalue weighted by molar-refractivity contribution is -0.137. The number of benzene rings is 2. The molecule has 1 aliphatic rings. The van der Waals surface area contributed by atoms with E-state index in [2.05, 4.69) is 5.32 Å². The van der Waals surface area contributed by atoms with Gasteiger partial charge in [0.15, 0.2) is 0 Å². The maximum atomic E-state index is 12.6. The first-order chi connectivity index (χ1) is 10.9. The predicted octanol–water partition coefficient (Wildman–Crippen LogP) is 3.63. The van der Waals surface area contributed by atoms with Crippen molar-refractivity contribution in [2.45, 2.75) is 31.1 Å². The third-order valence-electron chi connectivity index (χ3n) is 4.54. The zero-order chi connectivity index (χ0) is 16.5. The SMILES string of the molecule is OCC1(NCc2ccc(C(F)(F)F)cc2)CCc2ccccc21. The fourth-order valence-corrected chi connectivity index (χ4v) is 3.17. The van der Waals surface area contributed by atoms with Gasteiger partial charge in [-0.1, -0.05) is 36.4 Å². The van der Waals surface area contributed by atoms with Crippen LogP contribution in [0.1, 0.15) is 28.7 Å². The summed E-state index contributed by atoms with van der Waals surface area (Å²) in [5.74, 6) is 0. The number of fused-ring (bicyclic) bond motifs is 1. The average molecular weight is 321 g/mol. The quantitative estimate of drug-likeness (QED) is 0.901. The molecule has 1 atom stereocenters. The minimum absolute atomic E-state index is 0.0371. The van der Waals surface area contributed by atoms with Crippen molar-refractivity contribution in [2.24, 2.45) is 0 Å². The molecule has 2 nitrogen and oxygen atoms in total. The lowest BCUT2D eigenvalue weighted by atomic mass is 9.92. The normalized spacial score (nSPS) is 20.5. The summed E-state index contributed by atoms with van der Waals surface area (Å²) in [5.41, 5.74) is 1.88. The molecule has 0 fully saturated rings. The molecule has 0 heterocycles. The van der Waals surface area contributed by atoms with Crippen LogP contribution in [0.5, 0.6) is 0 Å². The summed E-state index contributed by atoms with van der Waals surface area (Å²) in [4.78, 5) is 0. The number of rotatable bonds is 4. The van der Waals surface area contributed by atoms with Crippen molar-refractivity contribution in [2.75, 3.05) is 6.61 Å². The van der Waals surface area contributed by atoms with E-state index in [0.29, 0.717) is 6.54 Å². The average Bonchev–Trinajstić information content (AvgIpc) is 2.92. The van der Waals surface area contributed by atoms with E-state index in [9.17, 15) is 18.3 Å². The fraction of sp³-hybridized carbons (Fsp3) is 0.333. The second-order valence-electron chi connectivity index (χ2n) is 5.95. The molecule has 2 aromatic carbocycles. The van der Waals surface area contributed by atoms with Crippen LogP contribution >= 0.6 is 0 Å². The Morgan fingerprint density at radius 3 is 2.39 bits per heavy atom. The van der Waals surface area contributed by atoms with Gasteiger partial charge in [0.05, 0.1) is 17.7 Å². The first kappa shape index (κ1) is 16.0. The van der Waals surface area contributed by atoms with Gasteiger partial charge in [0, 0.05) is 6.54 Å². The molecule has 0 saturated heterocycles. The molecule has 0 radical (unpaired) electrons. The van der Waals surface area contributed by atoms with Crippen LogP contribution in [-0.2, 0) is 24.7 Å². The zero-order valence-electron chi connectivity index (χ0n) is 12.5. The molecule has 0 saturated carbocycles. The number of halogens is 3. The van der Waals surface area contributed by atoms with Crippen LogP contribution in [0.3, 0.4) is 0 Å². The summed E-state index contributed by atoms with van der Waals surface area (Å²) >= 11 is 0. The van der Waals surface area contributed by atoms with Gasteiger partial charge in [0.1, 0.15) is 0 Å².